The van der Waals surface area contributed by atoms with Gasteiger partial charge in [0.25, 0.3) is 5.91 Å². The molecule has 2 aliphatic heterocycles. The first-order valence-corrected chi connectivity index (χ1v) is 8.71. The molecule has 8 heteroatoms. The average Bonchev–Trinajstić information content (AvgIpc) is 2.79. The van der Waals surface area contributed by atoms with Crippen LogP contribution in [0.4, 0.5) is 4.79 Å². The summed E-state index contributed by atoms with van der Waals surface area (Å²) in [4.78, 5) is 40.4. The van der Waals surface area contributed by atoms with Gasteiger partial charge in [-0.3, -0.25) is 14.5 Å². The highest BCUT2D eigenvalue weighted by molar-refractivity contribution is 6.09. The highest BCUT2D eigenvalue weighted by Gasteiger charge is 2.51. The number of piperidine rings is 1. The van der Waals surface area contributed by atoms with Gasteiger partial charge in [-0.1, -0.05) is 19.3 Å². The molecule has 0 radical (unpaired) electrons. The molecule has 0 aromatic rings. The van der Waals surface area contributed by atoms with E-state index in [0.29, 0.717) is 25.9 Å². The summed E-state index contributed by atoms with van der Waals surface area (Å²) < 4.78 is 0. The first kappa shape index (κ1) is 19.0. The molecule has 1 unspecified atom stereocenters. The quantitative estimate of drug-likeness (QED) is 0.736. The summed E-state index contributed by atoms with van der Waals surface area (Å²) in [6, 6.07) is -0.396. The molecule has 4 amide bonds. The van der Waals surface area contributed by atoms with Gasteiger partial charge in [-0.05, 0) is 32.1 Å². The van der Waals surface area contributed by atoms with Crippen LogP contribution in [-0.2, 0) is 9.59 Å². The lowest BCUT2D eigenvalue weighted by Crippen LogP contribution is -2.52. The Morgan fingerprint density at radius 2 is 1.88 bits per heavy atom. The third-order valence-corrected chi connectivity index (χ3v) is 5.47. The van der Waals surface area contributed by atoms with Crippen molar-refractivity contribution in [2.75, 3.05) is 19.6 Å². The first-order chi connectivity index (χ1) is 11.1. The van der Waals surface area contributed by atoms with Gasteiger partial charge in [0.1, 0.15) is 12.1 Å². The van der Waals surface area contributed by atoms with Crippen LogP contribution in [0.2, 0.25) is 0 Å². The van der Waals surface area contributed by atoms with Crippen LogP contribution in [-0.4, -0.2) is 58.9 Å². The van der Waals surface area contributed by atoms with E-state index in [-0.39, 0.29) is 36.8 Å². The molecular weight excluding hydrogens is 332 g/mol. The molecular formula is C16H27ClN4O3. The molecule has 0 aromatic heterocycles. The monoisotopic (exact) mass is 358 g/mol. The summed E-state index contributed by atoms with van der Waals surface area (Å²) in [5.41, 5.74) is 4.99. The van der Waals surface area contributed by atoms with E-state index in [1.54, 1.807) is 4.90 Å². The lowest BCUT2D eigenvalue weighted by atomic mass is 9.82. The molecule has 24 heavy (non-hydrogen) atoms. The summed E-state index contributed by atoms with van der Waals surface area (Å²) in [5.74, 6) is -0.395. The van der Waals surface area contributed by atoms with Gasteiger partial charge in [0.05, 0.1) is 0 Å². The standard InChI is InChI=1S/C16H26N4O3.ClH/c17-10-12-6-2-5-9-19(12)13(21)11-20-14(22)16(18-15(20)23)7-3-1-4-8-16;/h12H,1-11,17H2,(H,18,23);1H. The first-order valence-electron chi connectivity index (χ1n) is 8.71. The molecule has 1 saturated carbocycles. The Hall–Kier alpha value is -1.34. The van der Waals surface area contributed by atoms with Crippen LogP contribution in [0.5, 0.6) is 0 Å². The molecule has 2 saturated heterocycles. The number of nitrogens with two attached hydrogens (primary N) is 1. The van der Waals surface area contributed by atoms with E-state index in [1.807, 2.05) is 0 Å². The van der Waals surface area contributed by atoms with Crippen LogP contribution in [0.25, 0.3) is 0 Å². The Morgan fingerprint density at radius 3 is 2.54 bits per heavy atom. The zero-order valence-electron chi connectivity index (χ0n) is 14.0. The van der Waals surface area contributed by atoms with Crippen molar-refractivity contribution in [3.8, 4) is 0 Å². The van der Waals surface area contributed by atoms with Crippen molar-refractivity contribution in [3.05, 3.63) is 0 Å². The second kappa shape index (κ2) is 7.70. The van der Waals surface area contributed by atoms with Crippen molar-refractivity contribution in [1.29, 1.82) is 0 Å². The predicted octanol–water partition coefficient (Wildman–Crippen LogP) is 1.00. The van der Waals surface area contributed by atoms with Gasteiger partial charge >= 0.3 is 6.03 Å². The Bertz CT molecular complexity index is 508. The molecule has 3 aliphatic rings. The van der Waals surface area contributed by atoms with E-state index in [1.165, 1.54) is 0 Å². The van der Waals surface area contributed by atoms with Crippen LogP contribution in [0, 0.1) is 0 Å². The SMILES string of the molecule is Cl.NCC1CCCCN1C(=O)CN1C(=O)NC2(CCCCC2)C1=O. The molecule has 7 nitrogen and oxygen atoms in total. The van der Waals surface area contributed by atoms with Gasteiger partial charge in [-0.25, -0.2) is 4.79 Å². The Kier molecular flexibility index (Phi) is 6.09. The van der Waals surface area contributed by atoms with Gasteiger partial charge < -0.3 is 16.0 Å². The number of hydrogen-bond acceptors (Lipinski definition) is 4. The zero-order chi connectivity index (χ0) is 16.4. The maximum absolute atomic E-state index is 12.7. The van der Waals surface area contributed by atoms with Gasteiger partial charge in [-0.2, -0.15) is 0 Å². The topological polar surface area (TPSA) is 95.7 Å². The lowest BCUT2D eigenvalue weighted by molar-refractivity contribution is -0.141. The number of hydrogen-bond donors (Lipinski definition) is 2. The molecule has 0 bridgehead atoms. The zero-order valence-corrected chi connectivity index (χ0v) is 14.8. The van der Waals surface area contributed by atoms with Gasteiger partial charge in [0.15, 0.2) is 0 Å². The minimum Gasteiger partial charge on any atom is -0.337 e. The molecule has 3 fully saturated rings. The third kappa shape index (κ3) is 3.37. The lowest BCUT2D eigenvalue weighted by Gasteiger charge is -2.36. The number of nitrogens with one attached hydrogen (secondary N) is 1. The summed E-state index contributed by atoms with van der Waals surface area (Å²) in [6.45, 7) is 0.925. The molecule has 1 spiro atoms. The van der Waals surface area contributed by atoms with Crippen molar-refractivity contribution >= 4 is 30.3 Å². The van der Waals surface area contributed by atoms with Crippen LogP contribution in [0.3, 0.4) is 0 Å². The predicted molar refractivity (Wildman–Crippen MR) is 91.7 cm³/mol. The number of halogens is 1. The van der Waals surface area contributed by atoms with E-state index < -0.39 is 11.6 Å². The Balaban J connectivity index is 0.00000208. The summed E-state index contributed by atoms with van der Waals surface area (Å²) in [7, 11) is 0. The van der Waals surface area contributed by atoms with Gasteiger partial charge in [-0.15, -0.1) is 12.4 Å². The number of amides is 4. The van der Waals surface area contributed by atoms with E-state index in [2.05, 4.69) is 5.32 Å². The van der Waals surface area contributed by atoms with Crippen LogP contribution >= 0.6 is 12.4 Å². The van der Waals surface area contributed by atoms with E-state index in [9.17, 15) is 14.4 Å². The molecule has 1 aliphatic carbocycles. The number of likely N-dealkylation sites (tertiary alicyclic amines) is 1. The number of nitrogens with zero attached hydrogens (tertiary/aromatic N) is 2. The van der Waals surface area contributed by atoms with Crippen molar-refractivity contribution in [1.82, 2.24) is 15.1 Å². The van der Waals surface area contributed by atoms with Crippen molar-refractivity contribution in [2.45, 2.75) is 62.9 Å². The molecule has 2 heterocycles. The van der Waals surface area contributed by atoms with E-state index >= 15 is 0 Å². The van der Waals surface area contributed by atoms with Crippen LogP contribution in [0.1, 0.15) is 51.4 Å². The number of carbonyl (C=O) groups excluding carboxylic acids is 3. The maximum Gasteiger partial charge on any atom is 0.325 e. The molecule has 3 rings (SSSR count). The second-order valence-corrected chi connectivity index (χ2v) is 6.94. The molecule has 136 valence electrons. The second-order valence-electron chi connectivity index (χ2n) is 6.94. The minimum atomic E-state index is -0.759. The van der Waals surface area contributed by atoms with E-state index in [4.69, 9.17) is 5.73 Å². The summed E-state index contributed by atoms with van der Waals surface area (Å²) >= 11 is 0. The average molecular weight is 359 g/mol. The Labute approximate surface area is 148 Å². The number of imide groups is 1. The smallest absolute Gasteiger partial charge is 0.325 e. The largest absolute Gasteiger partial charge is 0.337 e. The third-order valence-electron chi connectivity index (χ3n) is 5.47. The van der Waals surface area contributed by atoms with Crippen molar-refractivity contribution < 1.29 is 14.4 Å². The molecule has 0 aromatic carbocycles. The van der Waals surface area contributed by atoms with Crippen LogP contribution in [0.15, 0.2) is 0 Å². The van der Waals surface area contributed by atoms with Gasteiger partial charge in [0, 0.05) is 19.1 Å². The van der Waals surface area contributed by atoms with E-state index in [0.717, 1.165) is 43.4 Å². The number of rotatable bonds is 3. The van der Waals surface area contributed by atoms with Crippen molar-refractivity contribution in [2.24, 2.45) is 5.73 Å². The molecule has 1 atom stereocenters. The fourth-order valence-electron chi connectivity index (χ4n) is 4.11. The number of carbonyl (C=O) groups is 3. The highest BCUT2D eigenvalue weighted by atomic mass is 35.5. The summed E-state index contributed by atoms with van der Waals surface area (Å²) in [5, 5.41) is 2.84. The Morgan fingerprint density at radius 1 is 1.17 bits per heavy atom. The minimum absolute atomic E-state index is 0. The normalized spacial score (nSPS) is 26.3. The summed E-state index contributed by atoms with van der Waals surface area (Å²) in [6.07, 6.45) is 7.24. The number of urea groups is 1. The maximum atomic E-state index is 12.7. The fraction of sp³-hybridized carbons (Fsp3) is 0.812. The van der Waals surface area contributed by atoms with Crippen molar-refractivity contribution in [3.63, 3.8) is 0 Å². The van der Waals surface area contributed by atoms with Crippen LogP contribution < -0.4 is 11.1 Å². The fourth-order valence-corrected chi connectivity index (χ4v) is 4.11. The van der Waals surface area contributed by atoms with Gasteiger partial charge in [0.2, 0.25) is 5.91 Å². The molecule has 3 N–H and O–H groups in total. The highest BCUT2D eigenvalue weighted by Crippen LogP contribution is 2.33.